The lowest BCUT2D eigenvalue weighted by Crippen LogP contribution is -1.93. The molecule has 0 aromatic carbocycles. The monoisotopic (exact) mass is 136 g/mol. The molecule has 0 rings (SSSR count). The molecule has 0 aromatic heterocycles. The molecule has 0 unspecified atom stereocenters. The number of hydrogen-bond donors (Lipinski definition) is 1. The largest absolute Gasteiger partial charge is 0.314 e. The maximum Gasteiger partial charge on any atom is 0.145 e. The van der Waals surface area contributed by atoms with Crippen LogP contribution >= 0.6 is 36.4 Å². The number of hydrogen-bond acceptors (Lipinski definition) is 3. The quantitative estimate of drug-likeness (QED) is 0.269. The van der Waals surface area contributed by atoms with Gasteiger partial charge in [-0.2, -0.15) is 0 Å². The van der Waals surface area contributed by atoms with Crippen molar-refractivity contribution in [1.29, 1.82) is 0 Å². The van der Waals surface area contributed by atoms with E-state index in [1.807, 2.05) is 0 Å². The zero-order valence-corrected chi connectivity index (χ0v) is 5.25. The van der Waals surface area contributed by atoms with E-state index in [9.17, 15) is 0 Å². The van der Waals surface area contributed by atoms with E-state index in [1.165, 1.54) is 16.6 Å². The summed E-state index contributed by atoms with van der Waals surface area (Å²) in [7, 11) is 0. The summed E-state index contributed by atoms with van der Waals surface area (Å²) < 4.78 is 3.99. The maximum absolute atomic E-state index is 4.41. The zero-order chi connectivity index (χ0) is 4.83. The average molecular weight is 136 g/mol. The first-order valence-corrected chi connectivity index (χ1v) is 2.89. The lowest BCUT2D eigenvalue weighted by molar-refractivity contribution is 1.69. The van der Waals surface area contributed by atoms with Crippen LogP contribution < -0.4 is 4.72 Å². The van der Waals surface area contributed by atoms with Crippen LogP contribution in [0.2, 0.25) is 0 Å². The lowest BCUT2D eigenvalue weighted by atomic mass is 11.6. The lowest BCUT2D eigenvalue weighted by Gasteiger charge is -1.79. The second kappa shape index (κ2) is 5.33. The molecule has 33 valence electrons. The fraction of sp³-hybridized carbons (Fsp3) is 0. The Kier molecular flexibility index (Phi) is 5.62. The van der Waals surface area contributed by atoms with Crippen molar-refractivity contribution in [3.63, 3.8) is 0 Å². The van der Waals surface area contributed by atoms with Crippen LogP contribution in [0.15, 0.2) is 0 Å². The van der Waals surface area contributed by atoms with Gasteiger partial charge in [-0.15, -0.1) is 0 Å². The highest BCUT2D eigenvalue weighted by molar-refractivity contribution is 8.20. The van der Waals surface area contributed by atoms with Crippen LogP contribution in [0.3, 0.4) is 0 Å². The highest BCUT2D eigenvalue weighted by atomic mass is 32.2. The molecule has 0 spiro atoms. The van der Waals surface area contributed by atoms with Gasteiger partial charge in [-0.1, -0.05) is 24.4 Å². The van der Waals surface area contributed by atoms with E-state index < -0.39 is 0 Å². The smallest absolute Gasteiger partial charge is 0.145 e. The van der Waals surface area contributed by atoms with Crippen LogP contribution in [-0.4, -0.2) is 10.2 Å². The second-order valence-electron chi connectivity index (χ2n) is 0.418. The molecule has 0 fully saturated rings. The Balaban J connectivity index is 2.66. The summed E-state index contributed by atoms with van der Waals surface area (Å²) in [6, 6.07) is 0. The van der Waals surface area contributed by atoms with Gasteiger partial charge in [0.05, 0.1) is 4.70 Å². The minimum absolute atomic E-state index is 1.23. The van der Waals surface area contributed by atoms with Gasteiger partial charge in [0.2, 0.25) is 0 Å². The first-order valence-electron chi connectivity index (χ1n) is 1.13. The Labute approximate surface area is 51.6 Å². The van der Waals surface area contributed by atoms with E-state index >= 15 is 0 Å². The second-order valence-corrected chi connectivity index (χ2v) is 1.83. The molecule has 0 saturated heterocycles. The van der Waals surface area contributed by atoms with Gasteiger partial charge in [0.25, 0.3) is 0 Å². The topological polar surface area (TPSA) is 12.0 Å². The Hall–Kier alpha value is 0.330. The van der Waals surface area contributed by atoms with Crippen molar-refractivity contribution in [3.05, 3.63) is 0 Å². The van der Waals surface area contributed by atoms with E-state index in [2.05, 4.69) is 34.6 Å². The minimum atomic E-state index is 1.23. The molecule has 0 saturated carbocycles. The van der Waals surface area contributed by atoms with Gasteiger partial charge in [-0.25, -0.2) is 0 Å². The maximum atomic E-state index is 4.41. The Morgan fingerprint density at radius 2 is 2.50 bits per heavy atom. The predicted octanol–water partition coefficient (Wildman–Crippen LogP) is 1.02. The number of rotatable bonds is 3. The molecule has 1 nitrogen and oxygen atoms in total. The molecule has 4 heteroatoms. The number of nitrogens with one attached hydrogen (secondary N) is 1. The SMILES string of the molecule is S=[C]NSC=S. The summed E-state index contributed by atoms with van der Waals surface area (Å²) in [6.45, 7) is 0. The first kappa shape index (κ1) is 6.33. The Bertz CT molecular complexity index is 44.8. The molecule has 0 aliphatic rings. The molecular formula is C2H2NS3. The normalized spacial score (nSPS) is 6.67. The van der Waals surface area contributed by atoms with Crippen molar-refractivity contribution in [2.24, 2.45) is 0 Å². The van der Waals surface area contributed by atoms with E-state index in [0.29, 0.717) is 0 Å². The van der Waals surface area contributed by atoms with Crippen molar-refractivity contribution >= 4 is 46.6 Å². The fourth-order valence-electron chi connectivity index (χ4n) is 0.0481. The summed E-state index contributed by atoms with van der Waals surface area (Å²) in [6.07, 6.45) is 0. The third kappa shape index (κ3) is 4.33. The van der Waals surface area contributed by atoms with Gasteiger partial charge < -0.3 is 4.72 Å². The Morgan fingerprint density at radius 1 is 1.83 bits per heavy atom. The number of thiocarbonyl (C=S) groups is 2. The molecule has 1 radical (unpaired) electrons. The highest BCUT2D eigenvalue weighted by Crippen LogP contribution is 1.79. The van der Waals surface area contributed by atoms with Gasteiger partial charge in [-0.05, 0) is 11.9 Å². The standard InChI is InChI=1S/C2H2NS3/c4-1-3-6-2-5/h2H,(H,3,4). The van der Waals surface area contributed by atoms with Crippen LogP contribution in [0.4, 0.5) is 0 Å². The molecular weight excluding hydrogens is 134 g/mol. The van der Waals surface area contributed by atoms with Gasteiger partial charge >= 0.3 is 0 Å². The minimum Gasteiger partial charge on any atom is -0.314 e. The summed E-state index contributed by atoms with van der Waals surface area (Å²) in [5, 5.41) is 0. The summed E-state index contributed by atoms with van der Waals surface area (Å²) >= 11 is 9.91. The fourth-order valence-corrected chi connectivity index (χ4v) is 0.433. The Morgan fingerprint density at radius 3 is 2.67 bits per heavy atom. The molecule has 0 amide bonds. The van der Waals surface area contributed by atoms with E-state index in [4.69, 9.17) is 0 Å². The summed E-state index contributed by atoms with van der Waals surface area (Å²) in [5.74, 6) is 0. The average Bonchev–Trinajstić information content (AvgIpc) is 1.61. The van der Waals surface area contributed by atoms with Crippen molar-refractivity contribution in [3.8, 4) is 0 Å². The van der Waals surface area contributed by atoms with E-state index in [0.717, 1.165) is 0 Å². The van der Waals surface area contributed by atoms with Crippen molar-refractivity contribution in [2.75, 3.05) is 0 Å². The van der Waals surface area contributed by atoms with Crippen molar-refractivity contribution < 1.29 is 0 Å². The molecule has 0 aliphatic carbocycles. The molecule has 0 atom stereocenters. The van der Waals surface area contributed by atoms with E-state index in [1.54, 1.807) is 0 Å². The van der Waals surface area contributed by atoms with E-state index in [-0.39, 0.29) is 0 Å². The third-order valence-electron chi connectivity index (χ3n) is 0.149. The van der Waals surface area contributed by atoms with Gasteiger partial charge in [-0.3, -0.25) is 0 Å². The highest BCUT2D eigenvalue weighted by Gasteiger charge is 1.65. The zero-order valence-electron chi connectivity index (χ0n) is 2.80. The summed E-state index contributed by atoms with van der Waals surface area (Å²) in [5.41, 5.74) is 2.27. The van der Waals surface area contributed by atoms with Gasteiger partial charge in [0.1, 0.15) is 5.49 Å². The van der Waals surface area contributed by atoms with Crippen molar-refractivity contribution in [2.45, 2.75) is 0 Å². The van der Waals surface area contributed by atoms with Crippen LogP contribution in [-0.2, 0) is 0 Å². The van der Waals surface area contributed by atoms with Gasteiger partial charge in [0.15, 0.2) is 0 Å². The molecule has 0 bridgehead atoms. The van der Waals surface area contributed by atoms with Crippen molar-refractivity contribution in [1.82, 2.24) is 4.72 Å². The predicted molar refractivity (Wildman–Crippen MR) is 37.0 cm³/mol. The summed E-state index contributed by atoms with van der Waals surface area (Å²) in [4.78, 5) is 0. The molecule has 0 aromatic rings. The van der Waals surface area contributed by atoms with Crippen LogP contribution in [0.5, 0.6) is 0 Å². The van der Waals surface area contributed by atoms with Gasteiger partial charge in [0, 0.05) is 0 Å². The molecule has 6 heavy (non-hydrogen) atoms. The van der Waals surface area contributed by atoms with Crippen LogP contribution in [0.25, 0.3) is 0 Å². The first-order chi connectivity index (χ1) is 2.91. The van der Waals surface area contributed by atoms with Crippen LogP contribution in [0, 0.1) is 0 Å². The van der Waals surface area contributed by atoms with Crippen LogP contribution in [0.1, 0.15) is 0 Å². The molecule has 1 N–H and O–H groups in total. The third-order valence-corrected chi connectivity index (χ3v) is 0.985. The molecule has 0 aliphatic heterocycles. The molecule has 0 heterocycles.